The van der Waals surface area contributed by atoms with Gasteiger partial charge in [0.15, 0.2) is 11.5 Å². The minimum atomic E-state index is -0.938. The number of aryl methyl sites for hydroxylation is 1. The molecular weight excluding hydrogens is 588 g/mol. The molecule has 2 N–H and O–H groups in total. The van der Waals surface area contributed by atoms with Gasteiger partial charge in [-0.1, -0.05) is 41.7 Å². The van der Waals surface area contributed by atoms with Crippen molar-refractivity contribution in [3.63, 3.8) is 0 Å². The van der Waals surface area contributed by atoms with Crippen molar-refractivity contribution in [1.82, 2.24) is 9.88 Å². The highest BCUT2D eigenvalue weighted by molar-refractivity contribution is 8.00. The van der Waals surface area contributed by atoms with Gasteiger partial charge in [-0.2, -0.15) is 0 Å². The number of carboxylic acid groups (broad SMARTS) is 1. The van der Waals surface area contributed by atoms with Crippen molar-refractivity contribution in [2.75, 3.05) is 13.7 Å². The lowest BCUT2D eigenvalue weighted by molar-refractivity contribution is -0.142. The van der Waals surface area contributed by atoms with Crippen LogP contribution in [0, 0.1) is 36.5 Å². The molecule has 1 saturated heterocycles. The molecule has 2 aliphatic heterocycles. The van der Waals surface area contributed by atoms with Crippen molar-refractivity contribution in [3.05, 3.63) is 73.7 Å². The molecule has 2 bridgehead atoms. The fourth-order valence-electron chi connectivity index (χ4n) is 7.98. The van der Waals surface area contributed by atoms with Gasteiger partial charge in [0.25, 0.3) is 0 Å². The summed E-state index contributed by atoms with van der Waals surface area (Å²) in [7, 11) is 1.61. The van der Waals surface area contributed by atoms with E-state index in [0.29, 0.717) is 18.1 Å². The molecule has 1 aromatic heterocycles. The summed E-state index contributed by atoms with van der Waals surface area (Å²) in [6, 6.07) is 14.0. The van der Waals surface area contributed by atoms with Gasteiger partial charge in [0.1, 0.15) is 6.61 Å². The average Bonchev–Trinajstić information content (AvgIpc) is 3.72. The Kier molecular flexibility index (Phi) is 7.12. The lowest BCUT2D eigenvalue weighted by Crippen LogP contribution is -2.42. The minimum Gasteiger partial charge on any atom is -0.493 e. The van der Waals surface area contributed by atoms with Crippen LogP contribution in [0.3, 0.4) is 0 Å². The lowest BCUT2D eigenvalue weighted by atomic mass is 9.68. The predicted molar refractivity (Wildman–Crippen MR) is 161 cm³/mol. The molecule has 2 aliphatic carbocycles. The highest BCUT2D eigenvalue weighted by atomic mass is 32.2. The van der Waals surface area contributed by atoms with E-state index < -0.39 is 11.9 Å². The number of likely N-dealkylation sites (tertiary alicyclic amines) is 1. The van der Waals surface area contributed by atoms with Gasteiger partial charge >= 0.3 is 10.8 Å². The number of fused-ring (bicyclic) bond motifs is 9. The number of thiazole rings is 1. The first kappa shape index (κ1) is 28.2. The van der Waals surface area contributed by atoms with Gasteiger partial charge in [-0.15, -0.1) is 11.8 Å². The van der Waals surface area contributed by atoms with Crippen LogP contribution < -0.4 is 14.3 Å². The third-order valence-electron chi connectivity index (χ3n) is 9.78. The number of H-pyrrole nitrogens is 1. The van der Waals surface area contributed by atoms with Crippen molar-refractivity contribution >= 4 is 40.9 Å². The second-order valence-electron chi connectivity index (χ2n) is 11.9. The Morgan fingerprint density at radius 3 is 2.58 bits per heavy atom. The van der Waals surface area contributed by atoms with Crippen LogP contribution >= 0.6 is 23.1 Å². The SMILES string of the molecule is COc1cc([C@H]2c3sc(=O)[nH]c3SC3C4CC(C5C(=O)N(CCCC(=O)O)C(=O)C45)C32)ccc1OCc1ccccc1C. The van der Waals surface area contributed by atoms with E-state index in [0.717, 1.165) is 33.0 Å². The summed E-state index contributed by atoms with van der Waals surface area (Å²) >= 11 is 2.86. The van der Waals surface area contributed by atoms with Crippen LogP contribution in [0.4, 0.5) is 0 Å². The number of imide groups is 1. The quantitative estimate of drug-likeness (QED) is 0.331. The van der Waals surface area contributed by atoms with Crippen LogP contribution in [0.15, 0.2) is 52.3 Å². The van der Waals surface area contributed by atoms with E-state index in [2.05, 4.69) is 4.98 Å². The number of ether oxygens (including phenoxy) is 2. The number of aliphatic carboxylic acids is 1. The van der Waals surface area contributed by atoms with Gasteiger partial charge in [0.05, 0.1) is 24.0 Å². The molecule has 224 valence electrons. The van der Waals surface area contributed by atoms with Crippen molar-refractivity contribution in [1.29, 1.82) is 0 Å². The number of aromatic nitrogens is 1. The molecule has 2 amide bonds. The fourth-order valence-corrected chi connectivity index (χ4v) is 10.9. The number of methoxy groups -OCH3 is 1. The van der Waals surface area contributed by atoms with E-state index in [-0.39, 0.29) is 70.9 Å². The predicted octanol–water partition coefficient (Wildman–Crippen LogP) is 4.67. The molecule has 43 heavy (non-hydrogen) atoms. The summed E-state index contributed by atoms with van der Waals surface area (Å²) < 4.78 is 12.0. The molecule has 0 spiro atoms. The van der Waals surface area contributed by atoms with Crippen molar-refractivity contribution in [2.24, 2.45) is 29.6 Å². The zero-order valence-corrected chi connectivity index (χ0v) is 25.4. The standard InChI is InChI=1S/C32H32N2O7S2/c1-15-6-3-4-7-17(15)14-41-20-10-9-16(12-21(20)40-2)23-24-18-13-19(27(24)42-29-28(23)43-32(39)33-29)26-25(18)30(37)34(31(26)38)11-5-8-22(35)36/h3-4,6-7,9-10,12,18-19,23-27H,5,8,11,13-14H2,1-2H3,(H,33,39)(H,35,36)/t18?,19?,23-,24?,25?,26?,27?/m1/s1. The maximum Gasteiger partial charge on any atom is 0.305 e. The second-order valence-corrected chi connectivity index (χ2v) is 14.1. The number of carbonyl (C=O) groups is 3. The Balaban J connectivity index is 1.21. The third-order valence-corrected chi connectivity index (χ3v) is 12.4. The second kappa shape index (κ2) is 10.9. The molecule has 0 radical (unpaired) electrons. The number of nitrogens with one attached hydrogen (secondary N) is 1. The Hall–Kier alpha value is -3.57. The molecule has 3 heterocycles. The number of benzene rings is 2. The molecular formula is C32H32N2O7S2. The summed E-state index contributed by atoms with van der Waals surface area (Å²) in [6.07, 6.45) is 0.966. The topological polar surface area (TPSA) is 126 Å². The summed E-state index contributed by atoms with van der Waals surface area (Å²) in [5.41, 5.74) is 3.23. The number of carboxylic acids is 1. The van der Waals surface area contributed by atoms with E-state index in [9.17, 15) is 19.2 Å². The molecule has 9 nitrogen and oxygen atoms in total. The summed E-state index contributed by atoms with van der Waals surface area (Å²) in [6.45, 7) is 2.60. The first-order chi connectivity index (χ1) is 20.8. The number of aromatic amines is 1. The number of carbonyl (C=O) groups excluding carboxylic acids is 2. The van der Waals surface area contributed by atoms with Crippen molar-refractivity contribution < 1.29 is 29.0 Å². The first-order valence-corrected chi connectivity index (χ1v) is 16.3. The van der Waals surface area contributed by atoms with E-state index >= 15 is 0 Å². The van der Waals surface area contributed by atoms with Gasteiger partial charge in [-0.05, 0) is 66.3 Å². The van der Waals surface area contributed by atoms with Gasteiger partial charge < -0.3 is 19.6 Å². The summed E-state index contributed by atoms with van der Waals surface area (Å²) in [5.74, 6) is -0.882. The van der Waals surface area contributed by atoms with E-state index in [1.54, 1.807) is 18.9 Å². The molecule has 3 fully saturated rings. The Morgan fingerprint density at radius 2 is 1.84 bits per heavy atom. The molecule has 3 aromatic rings. The molecule has 4 aliphatic rings. The monoisotopic (exact) mass is 620 g/mol. The van der Waals surface area contributed by atoms with E-state index in [4.69, 9.17) is 14.6 Å². The maximum atomic E-state index is 13.6. The van der Waals surface area contributed by atoms with Crippen molar-refractivity contribution in [3.8, 4) is 11.5 Å². The highest BCUT2D eigenvalue weighted by Crippen LogP contribution is 2.68. The van der Waals surface area contributed by atoms with Gasteiger partial charge in [0, 0.05) is 29.0 Å². The van der Waals surface area contributed by atoms with Crippen LogP contribution in [0.25, 0.3) is 0 Å². The van der Waals surface area contributed by atoms with Gasteiger partial charge in [-0.25, -0.2) is 0 Å². The van der Waals surface area contributed by atoms with E-state index in [1.807, 2.05) is 49.4 Å². The zero-order chi connectivity index (χ0) is 30.0. The maximum absolute atomic E-state index is 13.6. The van der Waals surface area contributed by atoms with Crippen LogP contribution in [0.2, 0.25) is 0 Å². The van der Waals surface area contributed by atoms with Crippen LogP contribution in [0.5, 0.6) is 11.5 Å². The van der Waals surface area contributed by atoms with Crippen molar-refractivity contribution in [2.45, 2.75) is 49.0 Å². The van der Waals surface area contributed by atoms with E-state index in [1.165, 1.54) is 16.2 Å². The van der Waals surface area contributed by atoms with Crippen LogP contribution in [0.1, 0.15) is 46.7 Å². The molecule has 6 unspecified atom stereocenters. The molecule has 2 saturated carbocycles. The summed E-state index contributed by atoms with van der Waals surface area (Å²) in [5, 5.41) is 9.98. The number of hydrogen-bond donors (Lipinski definition) is 2. The molecule has 7 atom stereocenters. The Bertz CT molecular complexity index is 1680. The average molecular weight is 621 g/mol. The molecule has 2 aromatic carbocycles. The minimum absolute atomic E-state index is 0.00764. The largest absolute Gasteiger partial charge is 0.493 e. The number of amides is 2. The highest BCUT2D eigenvalue weighted by Gasteiger charge is 2.69. The molecule has 11 heteroatoms. The van der Waals surface area contributed by atoms with Crippen LogP contribution in [-0.2, 0) is 21.0 Å². The number of rotatable bonds is 9. The first-order valence-electron chi connectivity index (χ1n) is 14.6. The van der Waals surface area contributed by atoms with Gasteiger partial charge in [0.2, 0.25) is 11.8 Å². The molecule has 7 rings (SSSR count). The Morgan fingerprint density at radius 1 is 1.07 bits per heavy atom. The number of hydrogen-bond acceptors (Lipinski definition) is 8. The fraction of sp³-hybridized carbons (Fsp3) is 0.438. The third kappa shape index (κ3) is 4.59. The Labute approximate surface area is 256 Å². The summed E-state index contributed by atoms with van der Waals surface area (Å²) in [4.78, 5) is 56.0. The van der Waals surface area contributed by atoms with Gasteiger partial charge in [-0.3, -0.25) is 24.1 Å². The number of nitrogens with zero attached hydrogens (tertiary/aromatic N) is 1. The number of thioether (sulfide) groups is 1. The zero-order valence-electron chi connectivity index (χ0n) is 23.8. The van der Waals surface area contributed by atoms with Crippen LogP contribution in [-0.4, -0.2) is 51.7 Å². The smallest absolute Gasteiger partial charge is 0.305 e. The lowest BCUT2D eigenvalue weighted by Gasteiger charge is -2.43. The normalized spacial score (nSPS) is 28.5.